The number of nitrogens with two attached hydrogens (primary N) is 1. The van der Waals surface area contributed by atoms with Gasteiger partial charge in [-0.2, -0.15) is 8.42 Å². The number of rotatable bonds is 4. The van der Waals surface area contributed by atoms with Crippen LogP contribution in [0.4, 0.5) is 15.8 Å². The summed E-state index contributed by atoms with van der Waals surface area (Å²) in [4.78, 5) is 9.59. The minimum Gasteiger partial charge on any atom is -0.393 e. The molecule has 2 rings (SSSR count). The van der Waals surface area contributed by atoms with Crippen molar-refractivity contribution in [2.45, 2.75) is 4.90 Å². The second kappa shape index (κ2) is 5.78. The van der Waals surface area contributed by atoms with Crippen LogP contribution in [0.1, 0.15) is 0 Å². The van der Waals surface area contributed by atoms with Gasteiger partial charge in [0, 0.05) is 0 Å². The molecule has 2 aromatic rings. The highest BCUT2D eigenvalue weighted by atomic mass is 35.5. The van der Waals surface area contributed by atoms with Crippen LogP contribution in [-0.2, 0) is 10.1 Å². The Morgan fingerprint density at radius 1 is 1.23 bits per heavy atom. The van der Waals surface area contributed by atoms with Gasteiger partial charge in [0.25, 0.3) is 5.69 Å². The number of benzene rings is 2. The Kier molecular flexibility index (Phi) is 4.20. The van der Waals surface area contributed by atoms with E-state index in [-0.39, 0.29) is 11.4 Å². The number of hydrogen-bond acceptors (Lipinski definition) is 6. The van der Waals surface area contributed by atoms with Gasteiger partial charge in [-0.15, -0.1) is 0 Å². The Labute approximate surface area is 129 Å². The molecule has 0 heterocycles. The van der Waals surface area contributed by atoms with Crippen molar-refractivity contribution in [2.24, 2.45) is 0 Å². The Morgan fingerprint density at radius 2 is 1.91 bits per heavy atom. The van der Waals surface area contributed by atoms with Crippen LogP contribution in [0.3, 0.4) is 0 Å². The minimum absolute atomic E-state index is 0.139. The highest BCUT2D eigenvalue weighted by molar-refractivity contribution is 7.87. The first kappa shape index (κ1) is 16.0. The van der Waals surface area contributed by atoms with Crippen LogP contribution in [-0.4, -0.2) is 13.3 Å². The standard InChI is InChI=1S/C12H8ClFN2O5S/c13-9-6-8(2-3-10(9)14)22(19,20)21-7-1-4-11(15)12(5-7)16(17)18/h1-6H,15H2. The maximum Gasteiger partial charge on any atom is 0.339 e. The average Bonchev–Trinajstić information content (AvgIpc) is 2.43. The Morgan fingerprint density at radius 3 is 2.50 bits per heavy atom. The van der Waals surface area contributed by atoms with Gasteiger partial charge in [-0.3, -0.25) is 10.1 Å². The van der Waals surface area contributed by atoms with Gasteiger partial charge >= 0.3 is 10.1 Å². The quantitative estimate of drug-likeness (QED) is 0.394. The predicted molar refractivity (Wildman–Crippen MR) is 76.7 cm³/mol. The fraction of sp³-hybridized carbons (Fsp3) is 0. The lowest BCUT2D eigenvalue weighted by atomic mass is 10.2. The van der Waals surface area contributed by atoms with Crippen molar-refractivity contribution in [2.75, 3.05) is 5.73 Å². The highest BCUT2D eigenvalue weighted by Gasteiger charge is 2.20. The third-order valence-electron chi connectivity index (χ3n) is 2.58. The highest BCUT2D eigenvalue weighted by Crippen LogP contribution is 2.29. The number of nitro benzene ring substituents is 1. The summed E-state index contributed by atoms with van der Waals surface area (Å²) in [5, 5.41) is 10.4. The second-order valence-corrected chi connectivity index (χ2v) is 6.04. The minimum atomic E-state index is -4.32. The molecular weight excluding hydrogens is 339 g/mol. The van der Waals surface area contributed by atoms with Crippen LogP contribution in [0.25, 0.3) is 0 Å². The molecule has 0 atom stereocenters. The van der Waals surface area contributed by atoms with Gasteiger partial charge in [0.2, 0.25) is 0 Å². The zero-order valence-electron chi connectivity index (χ0n) is 10.7. The number of nitrogen functional groups attached to an aromatic ring is 1. The van der Waals surface area contributed by atoms with E-state index in [1.54, 1.807) is 0 Å². The number of anilines is 1. The maximum atomic E-state index is 13.0. The van der Waals surface area contributed by atoms with E-state index in [1.165, 1.54) is 0 Å². The molecule has 22 heavy (non-hydrogen) atoms. The maximum absolute atomic E-state index is 13.0. The number of nitrogens with zero attached hydrogens (tertiary/aromatic N) is 1. The molecule has 0 aliphatic carbocycles. The first-order chi connectivity index (χ1) is 10.2. The molecule has 10 heteroatoms. The molecular formula is C12H8ClFN2O5S. The van der Waals surface area contributed by atoms with Gasteiger partial charge in [0.1, 0.15) is 22.1 Å². The first-order valence-corrected chi connectivity index (χ1v) is 7.43. The molecule has 0 fully saturated rings. The second-order valence-electron chi connectivity index (χ2n) is 4.09. The Balaban J connectivity index is 2.38. The molecule has 0 unspecified atom stereocenters. The van der Waals surface area contributed by atoms with Gasteiger partial charge in [-0.1, -0.05) is 11.6 Å². The fourth-order valence-corrected chi connectivity index (χ4v) is 2.74. The average molecular weight is 347 g/mol. The SMILES string of the molecule is Nc1ccc(OS(=O)(=O)c2ccc(F)c(Cl)c2)cc1[N+](=O)[O-]. The summed E-state index contributed by atoms with van der Waals surface area (Å²) in [5.74, 6) is -1.09. The topological polar surface area (TPSA) is 113 Å². The van der Waals surface area contributed by atoms with E-state index in [4.69, 9.17) is 21.5 Å². The van der Waals surface area contributed by atoms with Crippen LogP contribution in [0.2, 0.25) is 5.02 Å². The molecule has 0 saturated heterocycles. The molecule has 7 nitrogen and oxygen atoms in total. The van der Waals surface area contributed by atoms with Crippen LogP contribution >= 0.6 is 11.6 Å². The zero-order valence-corrected chi connectivity index (χ0v) is 12.3. The first-order valence-electron chi connectivity index (χ1n) is 5.64. The molecule has 0 spiro atoms. The molecule has 0 bridgehead atoms. The van der Waals surface area contributed by atoms with Gasteiger partial charge in [-0.25, -0.2) is 4.39 Å². The summed E-state index contributed by atoms with van der Waals surface area (Å²) in [6, 6.07) is 5.87. The monoisotopic (exact) mass is 346 g/mol. The van der Waals surface area contributed by atoms with Crippen LogP contribution < -0.4 is 9.92 Å². The molecule has 0 aliphatic heterocycles. The Bertz CT molecular complexity index is 857. The summed E-state index contributed by atoms with van der Waals surface area (Å²) >= 11 is 5.51. The molecule has 0 aliphatic rings. The zero-order chi connectivity index (χ0) is 16.5. The number of halogens is 2. The molecule has 116 valence electrons. The number of nitro groups is 1. The van der Waals surface area contributed by atoms with Crippen LogP contribution in [0.5, 0.6) is 5.75 Å². The van der Waals surface area contributed by atoms with Gasteiger partial charge in [0.15, 0.2) is 0 Å². The van der Waals surface area contributed by atoms with E-state index in [1.807, 2.05) is 0 Å². The molecule has 0 saturated carbocycles. The molecule has 0 aromatic heterocycles. The van der Waals surface area contributed by atoms with Crippen molar-refractivity contribution >= 4 is 33.1 Å². The van der Waals surface area contributed by atoms with E-state index in [2.05, 4.69) is 0 Å². The molecule has 2 N–H and O–H groups in total. The third-order valence-corrected chi connectivity index (χ3v) is 4.12. The van der Waals surface area contributed by atoms with Crippen molar-refractivity contribution in [1.82, 2.24) is 0 Å². The lowest BCUT2D eigenvalue weighted by Crippen LogP contribution is -2.10. The third kappa shape index (κ3) is 3.26. The largest absolute Gasteiger partial charge is 0.393 e. The van der Waals surface area contributed by atoms with E-state index < -0.39 is 36.5 Å². The molecule has 2 aromatic carbocycles. The van der Waals surface area contributed by atoms with Crippen molar-refractivity contribution < 1.29 is 21.9 Å². The van der Waals surface area contributed by atoms with E-state index in [9.17, 15) is 22.9 Å². The lowest BCUT2D eigenvalue weighted by Gasteiger charge is -2.08. The van der Waals surface area contributed by atoms with Crippen molar-refractivity contribution in [3.8, 4) is 5.75 Å². The van der Waals surface area contributed by atoms with E-state index in [0.717, 1.165) is 36.4 Å². The smallest absolute Gasteiger partial charge is 0.339 e. The van der Waals surface area contributed by atoms with Crippen LogP contribution in [0, 0.1) is 15.9 Å². The van der Waals surface area contributed by atoms with Crippen molar-refractivity contribution in [3.63, 3.8) is 0 Å². The van der Waals surface area contributed by atoms with Crippen molar-refractivity contribution in [1.29, 1.82) is 0 Å². The number of hydrogen-bond donors (Lipinski definition) is 1. The van der Waals surface area contributed by atoms with Crippen LogP contribution in [0.15, 0.2) is 41.3 Å². The molecule has 0 radical (unpaired) electrons. The normalized spacial score (nSPS) is 11.2. The Hall–Kier alpha value is -2.39. The predicted octanol–water partition coefficient (Wildman–Crippen LogP) is 2.74. The fourth-order valence-electron chi connectivity index (χ4n) is 1.54. The lowest BCUT2D eigenvalue weighted by molar-refractivity contribution is -0.383. The van der Waals surface area contributed by atoms with Gasteiger partial charge in [0.05, 0.1) is 16.0 Å². The summed E-state index contributed by atoms with van der Waals surface area (Å²) < 4.78 is 41.9. The van der Waals surface area contributed by atoms with Crippen molar-refractivity contribution in [3.05, 3.63) is 57.4 Å². The van der Waals surface area contributed by atoms with E-state index in [0.29, 0.717) is 0 Å². The van der Waals surface area contributed by atoms with Gasteiger partial charge < -0.3 is 9.92 Å². The van der Waals surface area contributed by atoms with E-state index >= 15 is 0 Å². The summed E-state index contributed by atoms with van der Waals surface area (Å²) in [5.41, 5.74) is 4.76. The van der Waals surface area contributed by atoms with Gasteiger partial charge in [-0.05, 0) is 30.3 Å². The molecule has 0 amide bonds. The summed E-state index contributed by atoms with van der Waals surface area (Å²) in [6.45, 7) is 0. The summed E-state index contributed by atoms with van der Waals surface area (Å²) in [6.07, 6.45) is 0. The summed E-state index contributed by atoms with van der Waals surface area (Å²) in [7, 11) is -4.32.